The molecule has 0 bridgehead atoms. The second-order valence-corrected chi connectivity index (χ2v) is 6.12. The maximum Gasteiger partial charge on any atom is 0.340 e. The summed E-state index contributed by atoms with van der Waals surface area (Å²) in [6, 6.07) is 15.0. The van der Waals surface area contributed by atoms with Crippen LogP contribution < -0.4 is 10.6 Å². The number of carboxylic acids is 1. The van der Waals surface area contributed by atoms with Crippen LogP contribution in [0.4, 0.5) is 23.1 Å². The van der Waals surface area contributed by atoms with Gasteiger partial charge in [-0.25, -0.2) is 14.6 Å². The summed E-state index contributed by atoms with van der Waals surface area (Å²) in [5, 5.41) is 15.2. The van der Waals surface area contributed by atoms with Gasteiger partial charge in [-0.2, -0.15) is 4.98 Å². The Morgan fingerprint density at radius 2 is 1.76 bits per heavy atom. The third kappa shape index (κ3) is 5.07. The SMILES string of the molecule is CCOC(=O)c1ccccc1Nc1nc(C)cc(Nc2ccc(C(=O)O)cc2)n1. The number of aromatic nitrogens is 2. The Balaban J connectivity index is 1.83. The first-order chi connectivity index (χ1) is 14.0. The first kappa shape index (κ1) is 19.8. The Labute approximate surface area is 167 Å². The van der Waals surface area contributed by atoms with E-state index in [1.54, 1.807) is 49.4 Å². The predicted molar refractivity (Wildman–Crippen MR) is 109 cm³/mol. The number of ether oxygens (including phenoxy) is 1. The number of para-hydroxylation sites is 1. The van der Waals surface area contributed by atoms with E-state index in [9.17, 15) is 9.59 Å². The average molecular weight is 392 g/mol. The van der Waals surface area contributed by atoms with Crippen molar-refractivity contribution >= 4 is 35.1 Å². The van der Waals surface area contributed by atoms with Crippen LogP contribution in [0.3, 0.4) is 0 Å². The molecule has 0 amide bonds. The summed E-state index contributed by atoms with van der Waals surface area (Å²) in [5.74, 6) is -0.579. The van der Waals surface area contributed by atoms with Crippen LogP contribution in [0.25, 0.3) is 0 Å². The summed E-state index contributed by atoms with van der Waals surface area (Å²) >= 11 is 0. The van der Waals surface area contributed by atoms with Crippen LogP contribution in [-0.2, 0) is 4.74 Å². The van der Waals surface area contributed by atoms with Crippen LogP contribution in [0, 0.1) is 6.92 Å². The van der Waals surface area contributed by atoms with Gasteiger partial charge in [-0.15, -0.1) is 0 Å². The summed E-state index contributed by atoms with van der Waals surface area (Å²) in [5.41, 5.74) is 2.52. The number of hydrogen-bond acceptors (Lipinski definition) is 7. The minimum absolute atomic E-state index is 0.201. The van der Waals surface area contributed by atoms with Gasteiger partial charge in [0.25, 0.3) is 0 Å². The summed E-state index contributed by atoms with van der Waals surface area (Å²) in [6.07, 6.45) is 0. The first-order valence-corrected chi connectivity index (χ1v) is 8.95. The number of nitrogens with zero attached hydrogens (tertiary/aromatic N) is 2. The van der Waals surface area contributed by atoms with E-state index >= 15 is 0 Å². The van der Waals surface area contributed by atoms with Gasteiger partial charge < -0.3 is 20.5 Å². The molecule has 3 N–H and O–H groups in total. The monoisotopic (exact) mass is 392 g/mol. The molecule has 0 saturated heterocycles. The zero-order valence-corrected chi connectivity index (χ0v) is 16.0. The minimum atomic E-state index is -0.985. The molecule has 0 aliphatic heterocycles. The molecule has 148 valence electrons. The van der Waals surface area contributed by atoms with Crippen LogP contribution >= 0.6 is 0 Å². The summed E-state index contributed by atoms with van der Waals surface area (Å²) < 4.78 is 5.09. The van der Waals surface area contributed by atoms with E-state index in [4.69, 9.17) is 9.84 Å². The molecular formula is C21H20N4O4. The molecule has 1 heterocycles. The topological polar surface area (TPSA) is 113 Å². The average Bonchev–Trinajstić information content (AvgIpc) is 2.68. The zero-order valence-electron chi connectivity index (χ0n) is 16.0. The molecule has 3 rings (SSSR count). The zero-order chi connectivity index (χ0) is 20.8. The molecule has 0 saturated carbocycles. The van der Waals surface area contributed by atoms with Gasteiger partial charge in [0.1, 0.15) is 5.82 Å². The molecule has 0 atom stereocenters. The number of esters is 1. The van der Waals surface area contributed by atoms with Crippen molar-refractivity contribution in [3.05, 3.63) is 71.4 Å². The van der Waals surface area contributed by atoms with Gasteiger partial charge in [0.05, 0.1) is 23.4 Å². The van der Waals surface area contributed by atoms with Crippen LogP contribution in [0.5, 0.6) is 0 Å². The predicted octanol–water partition coefficient (Wildman–Crippen LogP) is 4.15. The normalized spacial score (nSPS) is 10.3. The lowest BCUT2D eigenvalue weighted by Crippen LogP contribution is -2.09. The van der Waals surface area contributed by atoms with E-state index in [0.717, 1.165) is 0 Å². The molecule has 1 aromatic heterocycles. The highest BCUT2D eigenvalue weighted by Gasteiger charge is 2.13. The Morgan fingerprint density at radius 3 is 2.45 bits per heavy atom. The lowest BCUT2D eigenvalue weighted by atomic mass is 10.2. The van der Waals surface area contributed by atoms with Crippen molar-refractivity contribution in [3.8, 4) is 0 Å². The highest BCUT2D eigenvalue weighted by molar-refractivity contribution is 5.96. The van der Waals surface area contributed by atoms with Crippen molar-refractivity contribution in [2.75, 3.05) is 17.2 Å². The van der Waals surface area contributed by atoms with Gasteiger partial charge >= 0.3 is 11.9 Å². The molecule has 8 heteroatoms. The maximum atomic E-state index is 12.1. The van der Waals surface area contributed by atoms with Crippen molar-refractivity contribution in [2.24, 2.45) is 0 Å². The van der Waals surface area contributed by atoms with Crippen LogP contribution in [0.1, 0.15) is 33.3 Å². The number of aromatic carboxylic acids is 1. The number of nitrogens with one attached hydrogen (secondary N) is 2. The van der Waals surface area contributed by atoms with Crippen molar-refractivity contribution in [1.29, 1.82) is 0 Å². The lowest BCUT2D eigenvalue weighted by molar-refractivity contribution is 0.0527. The van der Waals surface area contributed by atoms with E-state index in [1.807, 2.05) is 6.92 Å². The van der Waals surface area contributed by atoms with Gasteiger partial charge in [0.15, 0.2) is 0 Å². The maximum absolute atomic E-state index is 12.1. The Bertz CT molecular complexity index is 1040. The lowest BCUT2D eigenvalue weighted by Gasteiger charge is -2.12. The Morgan fingerprint density at radius 1 is 1.03 bits per heavy atom. The number of hydrogen-bond donors (Lipinski definition) is 3. The quantitative estimate of drug-likeness (QED) is 0.514. The molecule has 8 nitrogen and oxygen atoms in total. The summed E-state index contributed by atoms with van der Waals surface area (Å²) in [6.45, 7) is 3.85. The number of aryl methyl sites for hydroxylation is 1. The van der Waals surface area contributed by atoms with Gasteiger partial charge in [0, 0.05) is 17.4 Å². The Hall–Kier alpha value is -3.94. The molecule has 3 aromatic rings. The molecular weight excluding hydrogens is 372 g/mol. The molecule has 0 spiro atoms. The van der Waals surface area contributed by atoms with Crippen molar-refractivity contribution < 1.29 is 19.4 Å². The van der Waals surface area contributed by atoms with E-state index in [0.29, 0.717) is 34.4 Å². The number of anilines is 4. The molecule has 0 aliphatic carbocycles. The highest BCUT2D eigenvalue weighted by Crippen LogP contribution is 2.22. The molecule has 0 unspecified atom stereocenters. The van der Waals surface area contributed by atoms with Gasteiger partial charge in [-0.05, 0) is 50.2 Å². The fourth-order valence-corrected chi connectivity index (χ4v) is 2.63. The smallest absolute Gasteiger partial charge is 0.340 e. The van der Waals surface area contributed by atoms with Crippen LogP contribution in [-0.4, -0.2) is 33.6 Å². The standard InChI is InChI=1S/C21H20N4O4/c1-3-29-20(28)16-6-4-5-7-17(16)24-21-22-13(2)12-18(25-21)23-15-10-8-14(9-11-15)19(26)27/h4-12H,3H2,1-2H3,(H,26,27)(H2,22,23,24,25). The number of rotatable bonds is 7. The molecule has 2 aromatic carbocycles. The van der Waals surface area contributed by atoms with Crippen LogP contribution in [0.2, 0.25) is 0 Å². The largest absolute Gasteiger partial charge is 0.478 e. The van der Waals surface area contributed by atoms with E-state index in [2.05, 4.69) is 20.6 Å². The Kier molecular flexibility index (Phi) is 6.03. The van der Waals surface area contributed by atoms with Crippen molar-refractivity contribution in [2.45, 2.75) is 13.8 Å². The molecule has 0 fully saturated rings. The number of carbonyl (C=O) groups is 2. The third-order valence-electron chi connectivity index (χ3n) is 3.93. The second kappa shape index (κ2) is 8.83. The minimum Gasteiger partial charge on any atom is -0.478 e. The van der Waals surface area contributed by atoms with E-state index < -0.39 is 11.9 Å². The van der Waals surface area contributed by atoms with E-state index in [1.165, 1.54) is 12.1 Å². The fraction of sp³-hybridized carbons (Fsp3) is 0.143. The van der Waals surface area contributed by atoms with Crippen LogP contribution in [0.15, 0.2) is 54.6 Å². The van der Waals surface area contributed by atoms with E-state index in [-0.39, 0.29) is 12.2 Å². The van der Waals surface area contributed by atoms with Crippen molar-refractivity contribution in [1.82, 2.24) is 9.97 Å². The first-order valence-electron chi connectivity index (χ1n) is 8.95. The molecule has 29 heavy (non-hydrogen) atoms. The third-order valence-corrected chi connectivity index (χ3v) is 3.93. The summed E-state index contributed by atoms with van der Waals surface area (Å²) in [7, 11) is 0. The fourth-order valence-electron chi connectivity index (χ4n) is 2.63. The summed E-state index contributed by atoms with van der Waals surface area (Å²) in [4.78, 5) is 31.9. The van der Waals surface area contributed by atoms with Gasteiger partial charge in [-0.3, -0.25) is 0 Å². The van der Waals surface area contributed by atoms with Gasteiger partial charge in [-0.1, -0.05) is 12.1 Å². The number of benzene rings is 2. The highest BCUT2D eigenvalue weighted by atomic mass is 16.5. The number of carboxylic acid groups (broad SMARTS) is 1. The number of carbonyl (C=O) groups excluding carboxylic acids is 1. The molecule has 0 aliphatic rings. The second-order valence-electron chi connectivity index (χ2n) is 6.12. The van der Waals surface area contributed by atoms with Crippen molar-refractivity contribution in [3.63, 3.8) is 0 Å². The molecule has 0 radical (unpaired) electrons. The van der Waals surface area contributed by atoms with Gasteiger partial charge in [0.2, 0.25) is 5.95 Å².